The van der Waals surface area contributed by atoms with Gasteiger partial charge in [-0.3, -0.25) is 4.79 Å². The molecule has 0 N–H and O–H groups in total. The Morgan fingerprint density at radius 3 is 3.19 bits per heavy atom. The van der Waals surface area contributed by atoms with E-state index in [9.17, 15) is 4.79 Å². The topological polar surface area (TPSA) is 31.2 Å². The van der Waals surface area contributed by atoms with Crippen LogP contribution < -0.4 is 0 Å². The lowest BCUT2D eigenvalue weighted by molar-refractivity contribution is -0.142. The van der Waals surface area contributed by atoms with Gasteiger partial charge < -0.3 is 9.30 Å². The third-order valence-corrected chi connectivity index (χ3v) is 4.11. The fraction of sp³-hybridized carbons (Fsp3) is 0.615. The number of rotatable bonds is 1. The van der Waals surface area contributed by atoms with Crippen molar-refractivity contribution in [1.29, 1.82) is 0 Å². The van der Waals surface area contributed by atoms with Gasteiger partial charge in [0.05, 0.1) is 13.0 Å². The Morgan fingerprint density at radius 2 is 2.38 bits per heavy atom. The van der Waals surface area contributed by atoms with E-state index in [2.05, 4.69) is 22.9 Å². The van der Waals surface area contributed by atoms with Crippen LogP contribution in [0.4, 0.5) is 0 Å². The maximum Gasteiger partial charge on any atom is 0.309 e. The zero-order valence-electron chi connectivity index (χ0n) is 9.56. The van der Waals surface area contributed by atoms with Gasteiger partial charge in [-0.25, -0.2) is 0 Å². The highest BCUT2D eigenvalue weighted by Crippen LogP contribution is 2.52. The standard InChI is InChI=1S/C13H17NO2/c1-16-13(15)12-10-5-3-7-14-6-2-4-9(14)8-11(10)12/h2,4,6,10-12H,3,5,7-8H2,1H3/t10-,11+,12-/m1/s1. The van der Waals surface area contributed by atoms with Gasteiger partial charge in [0.1, 0.15) is 0 Å². The first-order valence-electron chi connectivity index (χ1n) is 6.03. The number of carbonyl (C=O) groups is 1. The molecule has 0 amide bonds. The van der Waals surface area contributed by atoms with Crippen molar-refractivity contribution in [2.24, 2.45) is 17.8 Å². The molecule has 3 atom stereocenters. The summed E-state index contributed by atoms with van der Waals surface area (Å²) in [6, 6.07) is 4.28. The number of hydrogen-bond donors (Lipinski definition) is 0. The number of aromatic nitrogens is 1. The quantitative estimate of drug-likeness (QED) is 0.675. The van der Waals surface area contributed by atoms with Crippen molar-refractivity contribution < 1.29 is 9.53 Å². The summed E-state index contributed by atoms with van der Waals surface area (Å²) in [6.07, 6.45) is 5.53. The number of aryl methyl sites for hydroxylation is 1. The van der Waals surface area contributed by atoms with Crippen LogP contribution in [0.2, 0.25) is 0 Å². The van der Waals surface area contributed by atoms with Gasteiger partial charge in [-0.1, -0.05) is 0 Å². The van der Waals surface area contributed by atoms with Crippen LogP contribution in [0.5, 0.6) is 0 Å². The molecule has 2 heterocycles. The smallest absolute Gasteiger partial charge is 0.309 e. The fourth-order valence-electron chi connectivity index (χ4n) is 3.19. The molecule has 86 valence electrons. The molecule has 0 spiro atoms. The van der Waals surface area contributed by atoms with Gasteiger partial charge in [-0.05, 0) is 43.2 Å². The summed E-state index contributed by atoms with van der Waals surface area (Å²) >= 11 is 0. The minimum atomic E-state index is -0.00462. The summed E-state index contributed by atoms with van der Waals surface area (Å²) in [6.45, 7) is 1.10. The van der Waals surface area contributed by atoms with Gasteiger partial charge >= 0.3 is 5.97 Å². The summed E-state index contributed by atoms with van der Waals surface area (Å²) in [5.74, 6) is 1.28. The van der Waals surface area contributed by atoms with Crippen molar-refractivity contribution in [2.75, 3.05) is 7.11 Å². The van der Waals surface area contributed by atoms with Crippen LogP contribution in [0.15, 0.2) is 18.3 Å². The van der Waals surface area contributed by atoms with Gasteiger partial charge in [0.15, 0.2) is 0 Å². The third-order valence-electron chi connectivity index (χ3n) is 4.11. The predicted molar refractivity (Wildman–Crippen MR) is 59.9 cm³/mol. The Hall–Kier alpha value is -1.25. The van der Waals surface area contributed by atoms with E-state index >= 15 is 0 Å². The van der Waals surface area contributed by atoms with E-state index in [1.54, 1.807) is 0 Å². The van der Waals surface area contributed by atoms with Crippen LogP contribution in [0.3, 0.4) is 0 Å². The molecule has 1 aromatic heterocycles. The summed E-state index contributed by atoms with van der Waals surface area (Å²) in [5.41, 5.74) is 1.38. The number of carbonyl (C=O) groups excluding carboxylic acids is 1. The first-order valence-corrected chi connectivity index (χ1v) is 6.03. The first kappa shape index (κ1) is 9.94. The zero-order valence-corrected chi connectivity index (χ0v) is 9.56. The Bertz CT molecular complexity index is 410. The molecule has 3 nitrogen and oxygen atoms in total. The number of esters is 1. The molecule has 1 fully saturated rings. The van der Waals surface area contributed by atoms with E-state index in [-0.39, 0.29) is 11.9 Å². The molecule has 3 rings (SSSR count). The third kappa shape index (κ3) is 1.46. The normalized spacial score (nSPS) is 31.9. The van der Waals surface area contributed by atoms with E-state index in [0.29, 0.717) is 11.8 Å². The van der Waals surface area contributed by atoms with E-state index < -0.39 is 0 Å². The highest BCUT2D eigenvalue weighted by molar-refractivity contribution is 5.76. The number of fused-ring (bicyclic) bond motifs is 2. The fourth-order valence-corrected chi connectivity index (χ4v) is 3.19. The minimum Gasteiger partial charge on any atom is -0.469 e. The van der Waals surface area contributed by atoms with Gasteiger partial charge in [0, 0.05) is 18.4 Å². The monoisotopic (exact) mass is 219 g/mol. The van der Waals surface area contributed by atoms with Crippen LogP contribution in [-0.4, -0.2) is 17.6 Å². The lowest BCUT2D eigenvalue weighted by Crippen LogP contribution is -2.07. The maximum absolute atomic E-state index is 11.6. The van der Waals surface area contributed by atoms with Crippen molar-refractivity contribution in [1.82, 2.24) is 4.57 Å². The van der Waals surface area contributed by atoms with Gasteiger partial charge in [-0.15, -0.1) is 0 Å². The molecule has 1 saturated carbocycles. The largest absolute Gasteiger partial charge is 0.469 e. The van der Waals surface area contributed by atoms with Crippen molar-refractivity contribution in [2.45, 2.75) is 25.8 Å². The molecule has 1 aromatic rings. The van der Waals surface area contributed by atoms with Crippen molar-refractivity contribution >= 4 is 5.97 Å². The molecule has 0 aromatic carbocycles. The van der Waals surface area contributed by atoms with Gasteiger partial charge in [0.2, 0.25) is 0 Å². The van der Waals surface area contributed by atoms with Crippen LogP contribution in [0.1, 0.15) is 18.5 Å². The maximum atomic E-state index is 11.6. The molecule has 16 heavy (non-hydrogen) atoms. The molecule has 0 unspecified atom stereocenters. The molecular weight excluding hydrogens is 202 g/mol. The minimum absolute atomic E-state index is 0.00462. The van der Waals surface area contributed by atoms with E-state index in [1.165, 1.54) is 25.6 Å². The molecular formula is C13H17NO2. The summed E-state index contributed by atoms with van der Waals surface area (Å²) < 4.78 is 7.19. The number of hydrogen-bond acceptors (Lipinski definition) is 2. The average molecular weight is 219 g/mol. The Balaban J connectivity index is 1.80. The Morgan fingerprint density at radius 1 is 1.50 bits per heavy atom. The van der Waals surface area contributed by atoms with Crippen molar-refractivity contribution in [3.8, 4) is 0 Å². The Labute approximate surface area is 95.4 Å². The van der Waals surface area contributed by atoms with Crippen LogP contribution in [-0.2, 0) is 22.5 Å². The SMILES string of the molecule is COC(=O)[C@@H]1[C@@H]2CCCn3cccc3C[C@@H]21. The second-order valence-electron chi connectivity index (χ2n) is 4.92. The zero-order chi connectivity index (χ0) is 11.1. The lowest BCUT2D eigenvalue weighted by atomic mass is 10.1. The van der Waals surface area contributed by atoms with E-state index in [4.69, 9.17) is 4.74 Å². The molecule has 1 aliphatic heterocycles. The highest BCUT2D eigenvalue weighted by Gasteiger charge is 2.54. The van der Waals surface area contributed by atoms with E-state index in [1.807, 2.05) is 0 Å². The van der Waals surface area contributed by atoms with Crippen molar-refractivity contribution in [3.63, 3.8) is 0 Å². The second kappa shape index (κ2) is 3.65. The van der Waals surface area contributed by atoms with Gasteiger partial charge in [0.25, 0.3) is 0 Å². The number of ether oxygens (including phenoxy) is 1. The van der Waals surface area contributed by atoms with Crippen LogP contribution in [0, 0.1) is 17.8 Å². The highest BCUT2D eigenvalue weighted by atomic mass is 16.5. The molecule has 0 bridgehead atoms. The predicted octanol–water partition coefficient (Wildman–Crippen LogP) is 1.86. The summed E-state index contributed by atoms with van der Waals surface area (Å²) in [7, 11) is 1.50. The Kier molecular flexibility index (Phi) is 2.27. The summed E-state index contributed by atoms with van der Waals surface area (Å²) in [4.78, 5) is 11.6. The van der Waals surface area contributed by atoms with Crippen LogP contribution >= 0.6 is 0 Å². The second-order valence-corrected chi connectivity index (χ2v) is 4.92. The molecule has 0 saturated heterocycles. The van der Waals surface area contributed by atoms with Gasteiger partial charge in [-0.2, -0.15) is 0 Å². The van der Waals surface area contributed by atoms with Crippen molar-refractivity contribution in [3.05, 3.63) is 24.0 Å². The average Bonchev–Trinajstić information content (AvgIpc) is 2.72. The van der Waals surface area contributed by atoms with E-state index in [0.717, 1.165) is 13.0 Å². The van der Waals surface area contributed by atoms with Crippen LogP contribution in [0.25, 0.3) is 0 Å². The number of nitrogens with zero attached hydrogens (tertiary/aromatic N) is 1. The molecule has 2 aliphatic rings. The number of methoxy groups -OCH3 is 1. The lowest BCUT2D eigenvalue weighted by Gasteiger charge is -2.11. The molecule has 0 radical (unpaired) electrons. The first-order chi connectivity index (χ1) is 7.81. The molecule has 3 heteroatoms. The summed E-state index contributed by atoms with van der Waals surface area (Å²) in [5, 5.41) is 0. The molecule has 1 aliphatic carbocycles.